The van der Waals surface area contributed by atoms with Crippen molar-refractivity contribution in [3.63, 3.8) is 0 Å². The Morgan fingerprint density at radius 1 is 0.717 bits per heavy atom. The van der Waals surface area contributed by atoms with Gasteiger partial charge in [0.25, 0.3) is 17.7 Å². The van der Waals surface area contributed by atoms with Crippen molar-refractivity contribution in [3.05, 3.63) is 184 Å². The van der Waals surface area contributed by atoms with Gasteiger partial charge in [0.1, 0.15) is 0 Å². The number of aliphatic hydroxyl groups excluding tert-OH is 1. The van der Waals surface area contributed by atoms with Crippen LogP contribution in [0.25, 0.3) is 22.3 Å². The molecule has 13 heteroatoms. The maximum absolute atomic E-state index is 13.3. The molecule has 0 saturated heterocycles. The quantitative estimate of drug-likeness (QED) is 0.134. The van der Waals surface area contributed by atoms with Gasteiger partial charge in [-0.15, -0.1) is 0 Å². The molecule has 2 aliphatic heterocycles. The highest BCUT2D eigenvalue weighted by atomic mass is 35.5. The molecule has 3 amide bonds. The number of hydrogen-bond donors (Lipinski definition) is 4. The van der Waals surface area contributed by atoms with E-state index in [4.69, 9.17) is 23.1 Å². The molecule has 12 nitrogen and oxygen atoms in total. The van der Waals surface area contributed by atoms with Crippen LogP contribution in [0.2, 0.25) is 5.02 Å². The van der Waals surface area contributed by atoms with Gasteiger partial charge in [-0.25, -0.2) is 9.98 Å². The number of likely N-dealkylation sites (N-methyl/N-ethyl adjacent to an activating group) is 2. The molecule has 2 atom stereocenters. The number of nitrogens with one attached hydrogen (secondary N) is 1. The fraction of sp³-hybridized carbons (Fsp3) is 0.149. The number of aliphatic imine (C=N–C) groups is 2. The molecule has 2 unspecified atom stereocenters. The minimum atomic E-state index is -1.20. The molecule has 3 heterocycles. The zero-order valence-corrected chi connectivity index (χ0v) is 34.0. The van der Waals surface area contributed by atoms with E-state index < -0.39 is 11.1 Å². The highest BCUT2D eigenvalue weighted by Gasteiger charge is 2.49. The predicted molar refractivity (Wildman–Crippen MR) is 233 cm³/mol. The highest BCUT2D eigenvalue weighted by molar-refractivity contribution is 6.31. The van der Waals surface area contributed by atoms with Gasteiger partial charge in [0.05, 0.1) is 12.2 Å². The van der Waals surface area contributed by atoms with Crippen LogP contribution < -0.4 is 16.8 Å². The first-order chi connectivity index (χ1) is 28.8. The minimum absolute atomic E-state index is 0.0222. The van der Waals surface area contributed by atoms with Crippen molar-refractivity contribution < 1.29 is 19.5 Å². The smallest absolute Gasteiger partial charge is 0.266 e. The monoisotopic (exact) mass is 818 g/mol. The van der Waals surface area contributed by atoms with Crippen LogP contribution in [0.1, 0.15) is 45.1 Å². The van der Waals surface area contributed by atoms with Crippen LogP contribution >= 0.6 is 11.6 Å². The number of halogens is 1. The average molecular weight is 819 g/mol. The fourth-order valence-corrected chi connectivity index (χ4v) is 7.51. The van der Waals surface area contributed by atoms with Crippen molar-refractivity contribution in [3.8, 4) is 22.3 Å². The lowest BCUT2D eigenvalue weighted by molar-refractivity contribution is -0.130. The fourth-order valence-electron chi connectivity index (χ4n) is 7.34. The largest absolute Gasteiger partial charge is 0.392 e. The van der Waals surface area contributed by atoms with E-state index in [1.54, 1.807) is 45.4 Å². The van der Waals surface area contributed by atoms with E-state index in [1.807, 2.05) is 115 Å². The average Bonchev–Trinajstić information content (AvgIpc) is 3.65. The lowest BCUT2D eigenvalue weighted by Crippen LogP contribution is -2.41. The van der Waals surface area contributed by atoms with Gasteiger partial charge >= 0.3 is 0 Å². The number of rotatable bonds is 9. The van der Waals surface area contributed by atoms with Gasteiger partial charge in [0, 0.05) is 38.1 Å². The molecule has 302 valence electrons. The van der Waals surface area contributed by atoms with Gasteiger partial charge in [0.15, 0.2) is 23.0 Å². The Morgan fingerprint density at radius 2 is 1.35 bits per heavy atom. The number of carbonyl (C=O) groups is 3. The van der Waals surface area contributed by atoms with Crippen molar-refractivity contribution >= 4 is 41.2 Å². The maximum atomic E-state index is 13.3. The number of nitrogens with zero attached hydrogens (tertiary/aromatic N) is 5. The summed E-state index contributed by atoms with van der Waals surface area (Å²) in [6, 6.07) is 41.4. The summed E-state index contributed by atoms with van der Waals surface area (Å²) in [4.78, 5) is 54.3. The van der Waals surface area contributed by atoms with E-state index in [-0.39, 0.29) is 36.2 Å². The molecule has 0 radical (unpaired) electrons. The molecule has 0 spiro atoms. The molecule has 6 aromatic rings. The topological polar surface area (TPSA) is 180 Å². The third-order valence-electron chi connectivity index (χ3n) is 10.7. The minimum Gasteiger partial charge on any atom is -0.392 e. The highest BCUT2D eigenvalue weighted by Crippen LogP contribution is 2.41. The number of hydrogen-bond acceptors (Lipinski definition) is 9. The summed E-state index contributed by atoms with van der Waals surface area (Å²) in [5.74, 6) is -0.213. The molecule has 0 saturated carbocycles. The Hall–Kier alpha value is -7.15. The third-order valence-corrected chi connectivity index (χ3v) is 11.0. The van der Waals surface area contributed by atoms with Crippen LogP contribution in [-0.2, 0) is 33.8 Å². The van der Waals surface area contributed by atoms with Crippen LogP contribution in [-0.4, -0.2) is 63.6 Å². The van der Waals surface area contributed by atoms with E-state index in [0.29, 0.717) is 17.1 Å². The lowest BCUT2D eigenvalue weighted by atomic mass is 9.81. The van der Waals surface area contributed by atoms with Crippen LogP contribution in [0.4, 0.5) is 0 Å². The second kappa shape index (κ2) is 17.0. The lowest BCUT2D eigenvalue weighted by Gasteiger charge is -2.26. The molecular formula is C47H43ClN8O4. The number of guanidine groups is 2. The van der Waals surface area contributed by atoms with E-state index in [0.717, 1.165) is 50.1 Å². The Bertz CT molecular complexity index is 2660. The number of pyridine rings is 1. The molecule has 0 bridgehead atoms. The Morgan fingerprint density at radius 3 is 2.00 bits per heavy atom. The Labute approximate surface area is 352 Å². The Balaban J connectivity index is 0.000000183. The van der Waals surface area contributed by atoms with Gasteiger partial charge in [-0.2, -0.15) is 0 Å². The van der Waals surface area contributed by atoms with Crippen molar-refractivity contribution in [2.45, 2.75) is 31.2 Å². The third kappa shape index (κ3) is 7.85. The summed E-state index contributed by atoms with van der Waals surface area (Å²) in [7, 11) is 3.25. The van der Waals surface area contributed by atoms with Gasteiger partial charge in [-0.05, 0) is 99.5 Å². The summed E-state index contributed by atoms with van der Waals surface area (Å²) in [5, 5.41) is 12.9. The van der Waals surface area contributed by atoms with Crippen molar-refractivity contribution in [2.24, 2.45) is 21.5 Å². The van der Waals surface area contributed by atoms with Gasteiger partial charge in [0.2, 0.25) is 0 Å². The van der Waals surface area contributed by atoms with Gasteiger partial charge in [-0.1, -0.05) is 103 Å². The van der Waals surface area contributed by atoms with Crippen LogP contribution in [0, 0.1) is 0 Å². The van der Waals surface area contributed by atoms with E-state index >= 15 is 0 Å². The molecule has 2 aliphatic rings. The van der Waals surface area contributed by atoms with Gasteiger partial charge in [-0.3, -0.25) is 29.2 Å². The molecular weight excluding hydrogens is 776 g/mol. The first-order valence-electron chi connectivity index (χ1n) is 19.1. The van der Waals surface area contributed by atoms with Crippen LogP contribution in [0.5, 0.6) is 0 Å². The summed E-state index contributed by atoms with van der Waals surface area (Å²) < 4.78 is 0. The standard InChI is InChI=1S/C24H22ClN5O2.C23H21N3O2/c1-24(22(32)30(2)23(26)29-24)18-7-3-5-15(11-18)20-12-19(25)9-8-16(20)14-28-21(31)17-6-4-10-27-13-17;1-26-21(28)23(25-22(26)24,19-10-3-2-4-11-19)20-12-6-9-18(14-20)17-8-5-7-16(13-17)15-27/h3-13H,14H2,1-2H3,(H2,26,29)(H,28,31);2-14,27H,15H2,1H3,(H2,24,25). The maximum Gasteiger partial charge on any atom is 0.266 e. The zero-order chi connectivity index (χ0) is 42.6. The number of carbonyl (C=O) groups excluding carboxylic acids is 3. The van der Waals surface area contributed by atoms with Crippen molar-refractivity contribution in [1.82, 2.24) is 20.1 Å². The normalized spacial score (nSPS) is 18.4. The number of aromatic nitrogens is 1. The summed E-state index contributed by atoms with van der Waals surface area (Å²) in [5.41, 5.74) is 17.7. The second-order valence-electron chi connectivity index (χ2n) is 14.6. The molecule has 0 aliphatic carbocycles. The SMILES string of the molecule is CN1C(=O)C(C)(c2cccc(-c3cc(Cl)ccc3CNC(=O)c3cccnc3)c2)N=C1N.CN1C(=O)C(c2ccccc2)(c2cccc(-c3cccc(CO)c3)c2)N=C1N. The number of benzene rings is 5. The number of aliphatic hydroxyl groups is 1. The summed E-state index contributed by atoms with van der Waals surface area (Å²) in [6.45, 7) is 2.03. The van der Waals surface area contributed by atoms with Gasteiger partial charge < -0.3 is 21.9 Å². The first kappa shape index (κ1) is 41.0. The van der Waals surface area contributed by atoms with Crippen LogP contribution in [0.15, 0.2) is 156 Å². The van der Waals surface area contributed by atoms with Crippen molar-refractivity contribution in [2.75, 3.05) is 14.1 Å². The predicted octanol–water partition coefficient (Wildman–Crippen LogP) is 6.21. The van der Waals surface area contributed by atoms with E-state index in [2.05, 4.69) is 20.3 Å². The number of amides is 3. The summed E-state index contributed by atoms with van der Waals surface area (Å²) in [6.07, 6.45) is 3.14. The number of nitrogens with two attached hydrogens (primary N) is 2. The molecule has 0 fully saturated rings. The molecule has 60 heavy (non-hydrogen) atoms. The van der Waals surface area contributed by atoms with Crippen LogP contribution in [0.3, 0.4) is 0 Å². The van der Waals surface area contributed by atoms with E-state index in [9.17, 15) is 19.5 Å². The zero-order valence-electron chi connectivity index (χ0n) is 33.2. The Kier molecular flexibility index (Phi) is 11.6. The molecule has 8 rings (SSSR count). The molecule has 6 N–H and O–H groups in total. The summed E-state index contributed by atoms with van der Waals surface area (Å²) >= 11 is 6.29. The van der Waals surface area contributed by atoms with E-state index in [1.165, 1.54) is 16.0 Å². The second-order valence-corrected chi connectivity index (χ2v) is 15.0. The molecule has 1 aromatic heterocycles. The first-order valence-corrected chi connectivity index (χ1v) is 19.4. The molecule has 5 aromatic carbocycles. The van der Waals surface area contributed by atoms with Crippen molar-refractivity contribution in [1.29, 1.82) is 0 Å².